The van der Waals surface area contributed by atoms with Crippen LogP contribution >= 0.6 is 11.8 Å². The van der Waals surface area contributed by atoms with Gasteiger partial charge in [0.1, 0.15) is 0 Å². The van der Waals surface area contributed by atoms with E-state index >= 15 is 0 Å². The second-order valence-corrected chi connectivity index (χ2v) is 2.67. The summed E-state index contributed by atoms with van der Waals surface area (Å²) in [5.41, 5.74) is 0. The molecule has 0 rings (SSSR count). The van der Waals surface area contributed by atoms with Gasteiger partial charge in [0, 0.05) is 0 Å². The van der Waals surface area contributed by atoms with Gasteiger partial charge in [0.25, 0.3) is 0 Å². The molecule has 0 bridgehead atoms. The van der Waals surface area contributed by atoms with Gasteiger partial charge in [0.2, 0.25) is 0 Å². The van der Waals surface area contributed by atoms with Gasteiger partial charge >= 0.3 is 0 Å². The van der Waals surface area contributed by atoms with Crippen LogP contribution in [-0.4, -0.2) is 11.5 Å². The molecule has 0 unspecified atom stereocenters. The molecule has 0 fully saturated rings. The molecule has 0 aliphatic heterocycles. The molecule has 0 N–H and O–H groups in total. The number of hydrogen-bond donors (Lipinski definition) is 0. The Bertz CT molecular complexity index is 41.4. The number of thioether (sulfide) groups is 1. The van der Waals surface area contributed by atoms with Crippen LogP contribution in [0.1, 0.15) is 13.3 Å². The summed E-state index contributed by atoms with van der Waals surface area (Å²) in [5, 5.41) is 0. The minimum absolute atomic E-state index is 1.15. The van der Waals surface area contributed by atoms with E-state index in [1.54, 1.807) is 0 Å². The minimum atomic E-state index is 1.15. The fourth-order valence-electron chi connectivity index (χ4n) is 0.311. The van der Waals surface area contributed by atoms with Crippen LogP contribution in [0.3, 0.4) is 0 Å². The maximum absolute atomic E-state index is 3.62. The van der Waals surface area contributed by atoms with Crippen molar-refractivity contribution in [1.29, 1.82) is 0 Å². The lowest BCUT2D eigenvalue weighted by Crippen LogP contribution is -1.73. The summed E-state index contributed by atoms with van der Waals surface area (Å²) in [7, 11) is 0. The average molecular weight is 116 g/mol. The molecule has 0 heterocycles. The third kappa shape index (κ3) is 6.09. The van der Waals surface area contributed by atoms with E-state index < -0.39 is 0 Å². The van der Waals surface area contributed by atoms with Crippen molar-refractivity contribution in [1.82, 2.24) is 0 Å². The molecule has 0 aromatic heterocycles. The molecule has 0 amide bonds. The Morgan fingerprint density at radius 3 is 2.86 bits per heavy atom. The highest BCUT2D eigenvalue weighted by Crippen LogP contribution is 1.99. The maximum atomic E-state index is 3.62. The van der Waals surface area contributed by atoms with E-state index in [2.05, 4.69) is 13.5 Å². The van der Waals surface area contributed by atoms with Crippen molar-refractivity contribution < 1.29 is 0 Å². The Morgan fingerprint density at radius 1 is 1.71 bits per heavy atom. The van der Waals surface area contributed by atoms with Gasteiger partial charge in [-0.2, -0.15) is 11.8 Å². The van der Waals surface area contributed by atoms with Gasteiger partial charge in [0.15, 0.2) is 0 Å². The molecule has 42 valence electrons. The van der Waals surface area contributed by atoms with E-state index in [0.29, 0.717) is 0 Å². The first-order valence-corrected chi connectivity index (χ1v) is 3.76. The SMILES string of the molecule is C=CCCSCC. The van der Waals surface area contributed by atoms with E-state index in [4.69, 9.17) is 0 Å². The Balaban J connectivity index is 2.56. The lowest BCUT2D eigenvalue weighted by molar-refractivity contribution is 1.25. The van der Waals surface area contributed by atoms with Crippen LogP contribution in [0.2, 0.25) is 0 Å². The van der Waals surface area contributed by atoms with Gasteiger partial charge in [-0.05, 0) is 17.9 Å². The van der Waals surface area contributed by atoms with Crippen molar-refractivity contribution in [2.45, 2.75) is 13.3 Å². The summed E-state index contributed by atoms with van der Waals surface area (Å²) in [6.07, 6.45) is 3.11. The number of hydrogen-bond acceptors (Lipinski definition) is 1. The molecule has 0 atom stereocenters. The van der Waals surface area contributed by atoms with Crippen LogP contribution in [-0.2, 0) is 0 Å². The Labute approximate surface area is 50.0 Å². The van der Waals surface area contributed by atoms with Gasteiger partial charge in [-0.3, -0.25) is 0 Å². The van der Waals surface area contributed by atoms with Crippen LogP contribution in [0.15, 0.2) is 12.7 Å². The van der Waals surface area contributed by atoms with Gasteiger partial charge in [-0.15, -0.1) is 6.58 Å². The highest BCUT2D eigenvalue weighted by atomic mass is 32.2. The molecule has 0 aromatic carbocycles. The highest BCUT2D eigenvalue weighted by molar-refractivity contribution is 7.99. The molecular formula is C6H12S. The average Bonchev–Trinajstić information content (AvgIpc) is 1.69. The Morgan fingerprint density at radius 2 is 2.43 bits per heavy atom. The zero-order valence-corrected chi connectivity index (χ0v) is 5.63. The van der Waals surface area contributed by atoms with Gasteiger partial charge in [-0.1, -0.05) is 13.0 Å². The second-order valence-electron chi connectivity index (χ2n) is 1.27. The third-order valence-electron chi connectivity index (χ3n) is 0.670. The van der Waals surface area contributed by atoms with E-state index in [1.807, 2.05) is 17.8 Å². The maximum Gasteiger partial charge on any atom is -0.00331 e. The zero-order valence-electron chi connectivity index (χ0n) is 4.81. The van der Waals surface area contributed by atoms with E-state index in [-0.39, 0.29) is 0 Å². The summed E-state index contributed by atoms with van der Waals surface area (Å²) >= 11 is 1.96. The first kappa shape index (κ1) is 7.09. The summed E-state index contributed by atoms with van der Waals surface area (Å²) in [6, 6.07) is 0. The lowest BCUT2D eigenvalue weighted by atomic mass is 10.5. The smallest absolute Gasteiger partial charge is 0.00331 e. The molecule has 0 aliphatic rings. The predicted molar refractivity (Wildman–Crippen MR) is 37.8 cm³/mol. The van der Waals surface area contributed by atoms with Crippen LogP contribution in [0.4, 0.5) is 0 Å². The van der Waals surface area contributed by atoms with E-state index in [9.17, 15) is 0 Å². The molecule has 0 aliphatic carbocycles. The molecule has 0 saturated carbocycles. The Kier molecular flexibility index (Phi) is 6.17. The number of allylic oxidation sites excluding steroid dienone is 1. The first-order chi connectivity index (χ1) is 3.41. The molecule has 0 aromatic rings. The quantitative estimate of drug-likeness (QED) is 0.401. The Hall–Kier alpha value is 0.0900. The number of rotatable bonds is 4. The van der Waals surface area contributed by atoms with Crippen LogP contribution < -0.4 is 0 Å². The second kappa shape index (κ2) is 6.09. The van der Waals surface area contributed by atoms with Crippen LogP contribution in [0.5, 0.6) is 0 Å². The molecule has 1 heteroatoms. The highest BCUT2D eigenvalue weighted by Gasteiger charge is 1.77. The molecule has 0 radical (unpaired) electrons. The molecule has 7 heavy (non-hydrogen) atoms. The topological polar surface area (TPSA) is 0 Å². The standard InChI is InChI=1S/C6H12S/c1-3-5-6-7-4-2/h3H,1,4-6H2,2H3. The molecular weight excluding hydrogens is 104 g/mol. The van der Waals surface area contributed by atoms with Crippen LogP contribution in [0.25, 0.3) is 0 Å². The molecule has 0 spiro atoms. The van der Waals surface area contributed by atoms with Crippen molar-refractivity contribution in [3.63, 3.8) is 0 Å². The van der Waals surface area contributed by atoms with Crippen LogP contribution in [0, 0.1) is 0 Å². The van der Waals surface area contributed by atoms with Gasteiger partial charge in [0.05, 0.1) is 0 Å². The summed E-state index contributed by atoms with van der Waals surface area (Å²) in [4.78, 5) is 0. The van der Waals surface area contributed by atoms with Crippen molar-refractivity contribution in [3.05, 3.63) is 12.7 Å². The molecule has 0 saturated heterocycles. The first-order valence-electron chi connectivity index (χ1n) is 2.60. The minimum Gasteiger partial charge on any atom is -0.162 e. The van der Waals surface area contributed by atoms with Crippen molar-refractivity contribution in [3.8, 4) is 0 Å². The predicted octanol–water partition coefficient (Wildman–Crippen LogP) is 2.32. The fourth-order valence-corrected chi connectivity index (χ4v) is 0.933. The normalized spacial score (nSPS) is 8.71. The summed E-state index contributed by atoms with van der Waals surface area (Å²) in [5.74, 6) is 2.47. The lowest BCUT2D eigenvalue weighted by Gasteiger charge is -1.88. The monoisotopic (exact) mass is 116 g/mol. The van der Waals surface area contributed by atoms with Crippen molar-refractivity contribution >= 4 is 11.8 Å². The summed E-state index contributed by atoms with van der Waals surface area (Å²) in [6.45, 7) is 5.79. The largest absolute Gasteiger partial charge is 0.162 e. The van der Waals surface area contributed by atoms with Crippen molar-refractivity contribution in [2.75, 3.05) is 11.5 Å². The van der Waals surface area contributed by atoms with Gasteiger partial charge < -0.3 is 0 Å². The van der Waals surface area contributed by atoms with E-state index in [1.165, 1.54) is 11.5 Å². The third-order valence-corrected chi connectivity index (χ3v) is 1.60. The fraction of sp³-hybridized carbons (Fsp3) is 0.667. The zero-order chi connectivity index (χ0) is 5.54. The van der Waals surface area contributed by atoms with Gasteiger partial charge in [-0.25, -0.2) is 0 Å². The van der Waals surface area contributed by atoms with E-state index in [0.717, 1.165) is 6.42 Å². The molecule has 0 nitrogen and oxygen atoms in total. The van der Waals surface area contributed by atoms with Crippen molar-refractivity contribution in [2.24, 2.45) is 0 Å². The summed E-state index contributed by atoms with van der Waals surface area (Å²) < 4.78 is 0.